The van der Waals surface area contributed by atoms with Crippen LogP contribution in [0.5, 0.6) is 0 Å². The topological polar surface area (TPSA) is 67.9 Å². The number of nitrogens with zero attached hydrogens (tertiary/aromatic N) is 5. The Morgan fingerprint density at radius 3 is 2.46 bits per heavy atom. The molecule has 0 N–H and O–H groups in total. The number of anilines is 1. The Morgan fingerprint density at radius 1 is 0.929 bits per heavy atom. The molecule has 1 aliphatic heterocycles. The average Bonchev–Trinajstić information content (AvgIpc) is 3.34. The standard InChI is InChI=1S/C21H21N5OS/c1-13-6-8-15(9-7-13)19-24-25-20(27-19)17-14(2)16-18(22-12-23-21(16)28-17)26-10-4-3-5-11-26/h6-9,12H,3-5,10-11H2,1-2H3. The van der Waals surface area contributed by atoms with E-state index in [1.807, 2.05) is 24.3 Å². The van der Waals surface area contributed by atoms with Crippen molar-refractivity contribution in [1.29, 1.82) is 0 Å². The largest absolute Gasteiger partial charge is 0.415 e. The van der Waals surface area contributed by atoms with Gasteiger partial charge in [-0.1, -0.05) is 17.7 Å². The highest BCUT2D eigenvalue weighted by Crippen LogP contribution is 2.41. The van der Waals surface area contributed by atoms with E-state index < -0.39 is 0 Å². The smallest absolute Gasteiger partial charge is 0.258 e. The summed E-state index contributed by atoms with van der Waals surface area (Å²) in [7, 11) is 0. The van der Waals surface area contributed by atoms with E-state index in [0.717, 1.165) is 45.1 Å². The van der Waals surface area contributed by atoms with Crippen LogP contribution in [0.15, 0.2) is 35.0 Å². The number of benzene rings is 1. The first-order valence-electron chi connectivity index (χ1n) is 9.60. The minimum atomic E-state index is 0.536. The van der Waals surface area contributed by atoms with E-state index in [1.54, 1.807) is 17.7 Å². The van der Waals surface area contributed by atoms with E-state index in [9.17, 15) is 0 Å². The maximum atomic E-state index is 6.02. The fourth-order valence-electron chi connectivity index (χ4n) is 3.73. The molecule has 3 aromatic heterocycles. The molecule has 0 saturated carbocycles. The molecule has 1 fully saturated rings. The predicted octanol–water partition coefficient (Wildman–Crippen LogP) is 5.02. The van der Waals surface area contributed by atoms with Gasteiger partial charge in [-0.25, -0.2) is 9.97 Å². The van der Waals surface area contributed by atoms with Crippen LogP contribution in [0, 0.1) is 13.8 Å². The molecule has 1 saturated heterocycles. The predicted molar refractivity (Wildman–Crippen MR) is 112 cm³/mol. The number of aromatic nitrogens is 4. The summed E-state index contributed by atoms with van der Waals surface area (Å²) in [5.74, 6) is 2.11. The quantitative estimate of drug-likeness (QED) is 0.489. The Hall–Kier alpha value is -2.80. The zero-order chi connectivity index (χ0) is 19.1. The summed E-state index contributed by atoms with van der Waals surface area (Å²) in [6.45, 7) is 6.26. The van der Waals surface area contributed by atoms with Gasteiger partial charge in [0.15, 0.2) is 0 Å². The number of thiophene rings is 1. The molecular weight excluding hydrogens is 370 g/mol. The lowest BCUT2D eigenvalue weighted by atomic mass is 10.1. The van der Waals surface area contributed by atoms with Gasteiger partial charge in [-0.05, 0) is 50.8 Å². The molecule has 28 heavy (non-hydrogen) atoms. The van der Waals surface area contributed by atoms with Crippen molar-refractivity contribution in [3.05, 3.63) is 41.7 Å². The molecule has 4 aromatic rings. The maximum Gasteiger partial charge on any atom is 0.258 e. The van der Waals surface area contributed by atoms with Crippen LogP contribution < -0.4 is 4.90 Å². The van der Waals surface area contributed by atoms with Gasteiger partial charge in [-0.3, -0.25) is 0 Å². The number of piperidine rings is 1. The molecule has 0 spiro atoms. The number of aryl methyl sites for hydroxylation is 2. The number of hydrogen-bond donors (Lipinski definition) is 0. The van der Waals surface area contributed by atoms with Gasteiger partial charge in [-0.2, -0.15) is 0 Å². The fourth-order valence-corrected chi connectivity index (χ4v) is 4.79. The van der Waals surface area contributed by atoms with E-state index in [0.29, 0.717) is 11.8 Å². The Kier molecular flexibility index (Phi) is 4.31. The van der Waals surface area contributed by atoms with Crippen molar-refractivity contribution >= 4 is 27.4 Å². The first-order chi connectivity index (χ1) is 13.7. The summed E-state index contributed by atoms with van der Waals surface area (Å²) in [5, 5.41) is 9.69. The molecule has 0 radical (unpaired) electrons. The molecule has 4 heterocycles. The summed E-state index contributed by atoms with van der Waals surface area (Å²) >= 11 is 1.59. The number of rotatable bonds is 3. The lowest BCUT2D eigenvalue weighted by Crippen LogP contribution is -2.30. The van der Waals surface area contributed by atoms with E-state index in [-0.39, 0.29) is 0 Å². The van der Waals surface area contributed by atoms with Crippen molar-refractivity contribution in [3.8, 4) is 22.2 Å². The average molecular weight is 392 g/mol. The van der Waals surface area contributed by atoms with Crippen molar-refractivity contribution in [3.63, 3.8) is 0 Å². The van der Waals surface area contributed by atoms with Gasteiger partial charge in [0.2, 0.25) is 5.89 Å². The van der Waals surface area contributed by atoms with E-state index in [1.165, 1.54) is 24.8 Å². The zero-order valence-electron chi connectivity index (χ0n) is 16.0. The minimum Gasteiger partial charge on any atom is -0.415 e. The van der Waals surface area contributed by atoms with Crippen LogP contribution in [0.4, 0.5) is 5.82 Å². The van der Waals surface area contributed by atoms with Gasteiger partial charge in [0.05, 0.1) is 10.3 Å². The van der Waals surface area contributed by atoms with Gasteiger partial charge in [-0.15, -0.1) is 21.5 Å². The van der Waals surface area contributed by atoms with E-state index in [2.05, 4.69) is 38.9 Å². The normalized spacial score (nSPS) is 14.7. The summed E-state index contributed by atoms with van der Waals surface area (Å²) < 4.78 is 6.02. The highest BCUT2D eigenvalue weighted by atomic mass is 32.1. The second kappa shape index (κ2) is 6.98. The van der Waals surface area contributed by atoms with E-state index in [4.69, 9.17) is 4.42 Å². The van der Waals surface area contributed by atoms with Gasteiger partial charge < -0.3 is 9.32 Å². The Morgan fingerprint density at radius 2 is 1.68 bits per heavy atom. The Balaban J connectivity index is 1.57. The van der Waals surface area contributed by atoms with Gasteiger partial charge in [0.1, 0.15) is 17.0 Å². The summed E-state index contributed by atoms with van der Waals surface area (Å²) in [5.41, 5.74) is 3.24. The van der Waals surface area contributed by atoms with Crippen molar-refractivity contribution < 1.29 is 4.42 Å². The Labute approximate surface area is 167 Å². The molecule has 0 amide bonds. The van der Waals surface area contributed by atoms with Gasteiger partial charge in [0, 0.05) is 18.7 Å². The monoisotopic (exact) mass is 391 g/mol. The summed E-state index contributed by atoms with van der Waals surface area (Å²) in [6, 6.07) is 8.10. The third-order valence-electron chi connectivity index (χ3n) is 5.28. The van der Waals surface area contributed by atoms with Crippen LogP contribution in [0.1, 0.15) is 30.4 Å². The Bertz CT molecular complexity index is 1130. The lowest BCUT2D eigenvalue weighted by Gasteiger charge is -2.28. The fraction of sp³-hybridized carbons (Fsp3) is 0.333. The highest BCUT2D eigenvalue weighted by molar-refractivity contribution is 7.22. The molecule has 0 bridgehead atoms. The first-order valence-corrected chi connectivity index (χ1v) is 10.4. The third-order valence-corrected chi connectivity index (χ3v) is 6.47. The second-order valence-electron chi connectivity index (χ2n) is 7.26. The zero-order valence-corrected chi connectivity index (χ0v) is 16.8. The van der Waals surface area contributed by atoms with Gasteiger partial charge >= 0.3 is 0 Å². The van der Waals surface area contributed by atoms with Crippen LogP contribution in [0.2, 0.25) is 0 Å². The van der Waals surface area contributed by atoms with Crippen molar-refractivity contribution in [2.45, 2.75) is 33.1 Å². The van der Waals surface area contributed by atoms with Crippen LogP contribution >= 0.6 is 11.3 Å². The minimum absolute atomic E-state index is 0.536. The summed E-state index contributed by atoms with van der Waals surface area (Å²) in [4.78, 5) is 13.4. The third kappa shape index (κ3) is 2.96. The first kappa shape index (κ1) is 17.3. The molecular formula is C21H21N5OS. The molecule has 142 valence electrons. The number of hydrogen-bond acceptors (Lipinski definition) is 7. The van der Waals surface area contributed by atoms with Crippen LogP contribution in [-0.2, 0) is 0 Å². The molecule has 0 unspecified atom stereocenters. The van der Waals surface area contributed by atoms with Crippen molar-refractivity contribution in [1.82, 2.24) is 20.2 Å². The molecule has 7 heteroatoms. The van der Waals surface area contributed by atoms with Crippen molar-refractivity contribution in [2.75, 3.05) is 18.0 Å². The molecule has 1 aromatic carbocycles. The van der Waals surface area contributed by atoms with Crippen molar-refractivity contribution in [2.24, 2.45) is 0 Å². The lowest BCUT2D eigenvalue weighted by molar-refractivity contribution is 0.574. The highest BCUT2D eigenvalue weighted by Gasteiger charge is 2.23. The molecule has 5 rings (SSSR count). The van der Waals surface area contributed by atoms with Crippen LogP contribution in [0.3, 0.4) is 0 Å². The molecule has 6 nitrogen and oxygen atoms in total. The van der Waals surface area contributed by atoms with E-state index >= 15 is 0 Å². The van der Waals surface area contributed by atoms with Gasteiger partial charge in [0.25, 0.3) is 5.89 Å². The summed E-state index contributed by atoms with van der Waals surface area (Å²) in [6.07, 6.45) is 5.39. The molecule has 0 aliphatic carbocycles. The SMILES string of the molecule is Cc1ccc(-c2nnc(-c3sc4ncnc(N5CCCCC5)c4c3C)o2)cc1. The molecule has 1 aliphatic rings. The second-order valence-corrected chi connectivity index (χ2v) is 8.26. The van der Waals surface area contributed by atoms with Crippen LogP contribution in [-0.4, -0.2) is 33.3 Å². The molecule has 0 atom stereocenters. The number of fused-ring (bicyclic) bond motifs is 1. The van der Waals surface area contributed by atoms with Crippen LogP contribution in [0.25, 0.3) is 32.4 Å². The maximum absolute atomic E-state index is 6.02.